The van der Waals surface area contributed by atoms with Crippen molar-refractivity contribution in [2.24, 2.45) is 0 Å². The van der Waals surface area contributed by atoms with Gasteiger partial charge >= 0.3 is 6.18 Å². The minimum absolute atomic E-state index is 0.0365. The smallest absolute Gasteiger partial charge is 0.423 e. The average Bonchev–Trinajstić information content (AvgIpc) is 3.03. The van der Waals surface area contributed by atoms with Crippen molar-refractivity contribution in [3.05, 3.63) is 46.7 Å². The van der Waals surface area contributed by atoms with E-state index in [9.17, 15) is 13.2 Å². The molecule has 0 bridgehead atoms. The first kappa shape index (κ1) is 17.7. The first-order valence-corrected chi connectivity index (χ1v) is 8.77. The van der Waals surface area contributed by atoms with Crippen molar-refractivity contribution in [3.63, 3.8) is 0 Å². The quantitative estimate of drug-likeness (QED) is 0.656. The Labute approximate surface area is 153 Å². The van der Waals surface area contributed by atoms with Gasteiger partial charge < -0.3 is 4.42 Å². The fourth-order valence-electron chi connectivity index (χ4n) is 3.09. The summed E-state index contributed by atoms with van der Waals surface area (Å²) in [5, 5.41) is 16.0. The molecule has 0 aromatic carbocycles. The Balaban J connectivity index is 1.46. The van der Waals surface area contributed by atoms with Gasteiger partial charge in [0.05, 0.1) is 5.69 Å². The zero-order valence-corrected chi connectivity index (χ0v) is 15.0. The van der Waals surface area contributed by atoms with Crippen LogP contribution < -0.4 is 0 Å². The molecule has 3 aromatic heterocycles. The van der Waals surface area contributed by atoms with Crippen molar-refractivity contribution >= 4 is 0 Å². The zero-order valence-electron chi connectivity index (χ0n) is 15.0. The van der Waals surface area contributed by atoms with E-state index in [4.69, 9.17) is 4.42 Å². The van der Waals surface area contributed by atoms with Crippen molar-refractivity contribution in [1.82, 2.24) is 29.8 Å². The summed E-state index contributed by atoms with van der Waals surface area (Å²) in [6, 6.07) is 3.10. The summed E-state index contributed by atoms with van der Waals surface area (Å²) in [6.45, 7) is 4.52. The molecule has 0 aliphatic heterocycles. The Morgan fingerprint density at radius 2 is 1.81 bits per heavy atom. The maximum atomic E-state index is 13.0. The summed E-state index contributed by atoms with van der Waals surface area (Å²) < 4.78 is 47.7. The van der Waals surface area contributed by atoms with Crippen molar-refractivity contribution in [2.45, 2.75) is 58.3 Å². The van der Waals surface area contributed by atoms with Gasteiger partial charge in [0.25, 0.3) is 0 Å². The Morgan fingerprint density at radius 1 is 1.07 bits per heavy atom. The van der Waals surface area contributed by atoms with Crippen molar-refractivity contribution < 1.29 is 17.6 Å². The Bertz CT molecular complexity index is 950. The summed E-state index contributed by atoms with van der Waals surface area (Å²) in [6.07, 6.45) is -2.21. The van der Waals surface area contributed by atoms with Crippen LogP contribution in [0.2, 0.25) is 0 Å². The van der Waals surface area contributed by atoms with Crippen LogP contribution in [0.3, 0.4) is 0 Å². The van der Waals surface area contributed by atoms with E-state index in [0.29, 0.717) is 24.6 Å². The largest absolute Gasteiger partial charge is 0.435 e. The predicted octanol–water partition coefficient (Wildman–Crippen LogP) is 3.27. The SMILES string of the molecule is Cc1cc(C)n(CCc2nnc(Cn3nc(C(F)(F)F)cc3C3CC3)o2)n1. The van der Waals surface area contributed by atoms with Crippen LogP contribution in [-0.2, 0) is 25.7 Å². The van der Waals surface area contributed by atoms with E-state index in [2.05, 4.69) is 20.4 Å². The molecule has 0 atom stereocenters. The Morgan fingerprint density at radius 3 is 2.44 bits per heavy atom. The average molecular weight is 380 g/mol. The maximum absolute atomic E-state index is 13.0. The minimum Gasteiger partial charge on any atom is -0.423 e. The molecule has 7 nitrogen and oxygen atoms in total. The number of aromatic nitrogens is 6. The summed E-state index contributed by atoms with van der Waals surface area (Å²) in [5.41, 5.74) is 1.67. The van der Waals surface area contributed by atoms with Gasteiger partial charge in [-0.15, -0.1) is 10.2 Å². The summed E-state index contributed by atoms with van der Waals surface area (Å²) in [7, 11) is 0. The van der Waals surface area contributed by atoms with Crippen LogP contribution in [-0.4, -0.2) is 29.8 Å². The van der Waals surface area contributed by atoms with E-state index in [1.807, 2.05) is 24.6 Å². The second-order valence-corrected chi connectivity index (χ2v) is 6.87. The number of alkyl halides is 3. The van der Waals surface area contributed by atoms with Crippen LogP contribution in [0, 0.1) is 13.8 Å². The lowest BCUT2D eigenvalue weighted by molar-refractivity contribution is -0.141. The molecule has 1 fully saturated rings. The third-order valence-electron chi connectivity index (χ3n) is 4.53. The first-order chi connectivity index (χ1) is 12.8. The third kappa shape index (κ3) is 3.88. The molecule has 1 saturated carbocycles. The molecule has 0 amide bonds. The number of hydrogen-bond acceptors (Lipinski definition) is 5. The Kier molecular flexibility index (Phi) is 4.27. The molecule has 144 valence electrons. The fraction of sp³-hybridized carbons (Fsp3) is 0.529. The minimum atomic E-state index is -4.46. The standard InChI is InChI=1S/C17H19F3N6O/c1-10-7-11(2)25(23-10)6-5-15-21-22-16(27-15)9-26-13(12-3-4-12)8-14(24-26)17(18,19)20/h7-8,12H,3-6,9H2,1-2H3. The Hall–Kier alpha value is -2.65. The molecular formula is C17H19F3N6O. The van der Waals surface area contributed by atoms with Crippen LogP contribution in [0.1, 0.15) is 53.3 Å². The van der Waals surface area contributed by atoms with Crippen molar-refractivity contribution in [1.29, 1.82) is 0 Å². The summed E-state index contributed by atoms with van der Waals surface area (Å²) >= 11 is 0. The van der Waals surface area contributed by atoms with Gasteiger partial charge in [-0.1, -0.05) is 0 Å². The molecule has 3 aromatic rings. The molecular weight excluding hydrogens is 361 g/mol. The van der Waals surface area contributed by atoms with E-state index in [-0.39, 0.29) is 18.4 Å². The van der Waals surface area contributed by atoms with Crippen LogP contribution in [0.25, 0.3) is 0 Å². The molecule has 1 aliphatic rings. The molecule has 4 rings (SSSR count). The molecule has 27 heavy (non-hydrogen) atoms. The lowest BCUT2D eigenvalue weighted by atomic mass is 10.2. The zero-order chi connectivity index (χ0) is 19.2. The predicted molar refractivity (Wildman–Crippen MR) is 88.0 cm³/mol. The molecule has 1 aliphatic carbocycles. The normalized spacial score (nSPS) is 14.9. The van der Waals surface area contributed by atoms with Gasteiger partial charge in [-0.05, 0) is 38.8 Å². The van der Waals surface area contributed by atoms with Gasteiger partial charge in [0.15, 0.2) is 5.69 Å². The van der Waals surface area contributed by atoms with Crippen LogP contribution in [0.5, 0.6) is 0 Å². The van der Waals surface area contributed by atoms with E-state index < -0.39 is 11.9 Å². The van der Waals surface area contributed by atoms with E-state index in [1.54, 1.807) is 0 Å². The molecule has 0 N–H and O–H groups in total. The van der Waals surface area contributed by atoms with Gasteiger partial charge in [0.2, 0.25) is 11.8 Å². The van der Waals surface area contributed by atoms with Gasteiger partial charge in [0, 0.05) is 30.3 Å². The first-order valence-electron chi connectivity index (χ1n) is 8.77. The number of hydrogen-bond donors (Lipinski definition) is 0. The molecule has 0 unspecified atom stereocenters. The van der Waals surface area contributed by atoms with Gasteiger partial charge in [-0.2, -0.15) is 23.4 Å². The number of aryl methyl sites for hydroxylation is 4. The summed E-state index contributed by atoms with van der Waals surface area (Å²) in [4.78, 5) is 0. The monoisotopic (exact) mass is 380 g/mol. The van der Waals surface area contributed by atoms with Crippen molar-refractivity contribution in [3.8, 4) is 0 Å². The topological polar surface area (TPSA) is 74.6 Å². The summed E-state index contributed by atoms with van der Waals surface area (Å²) in [5.74, 6) is 0.799. The fourth-order valence-corrected chi connectivity index (χ4v) is 3.09. The number of nitrogens with zero attached hydrogens (tertiary/aromatic N) is 6. The second-order valence-electron chi connectivity index (χ2n) is 6.87. The van der Waals surface area contributed by atoms with Crippen LogP contribution >= 0.6 is 0 Å². The molecule has 3 heterocycles. The lowest BCUT2D eigenvalue weighted by Crippen LogP contribution is -2.09. The van der Waals surface area contributed by atoms with E-state index in [1.165, 1.54) is 4.68 Å². The van der Waals surface area contributed by atoms with Gasteiger partial charge in [-0.25, -0.2) is 0 Å². The molecule has 0 saturated heterocycles. The number of rotatable bonds is 6. The van der Waals surface area contributed by atoms with E-state index in [0.717, 1.165) is 30.3 Å². The third-order valence-corrected chi connectivity index (χ3v) is 4.53. The molecule has 10 heteroatoms. The highest BCUT2D eigenvalue weighted by atomic mass is 19.4. The second kappa shape index (κ2) is 6.50. The lowest BCUT2D eigenvalue weighted by Gasteiger charge is -2.03. The van der Waals surface area contributed by atoms with Crippen molar-refractivity contribution in [2.75, 3.05) is 0 Å². The van der Waals surface area contributed by atoms with Gasteiger partial charge in [-0.3, -0.25) is 9.36 Å². The van der Waals surface area contributed by atoms with Crippen LogP contribution in [0.15, 0.2) is 16.5 Å². The highest BCUT2D eigenvalue weighted by Crippen LogP contribution is 2.42. The maximum Gasteiger partial charge on any atom is 0.435 e. The van der Waals surface area contributed by atoms with Gasteiger partial charge in [0.1, 0.15) is 6.54 Å². The highest BCUT2D eigenvalue weighted by molar-refractivity contribution is 5.21. The highest BCUT2D eigenvalue weighted by Gasteiger charge is 2.38. The molecule has 0 radical (unpaired) electrons. The van der Waals surface area contributed by atoms with E-state index >= 15 is 0 Å². The number of halogens is 3. The molecule has 0 spiro atoms. The van der Waals surface area contributed by atoms with Crippen LogP contribution in [0.4, 0.5) is 13.2 Å².